The van der Waals surface area contributed by atoms with Crippen molar-refractivity contribution >= 4 is 17.5 Å². The monoisotopic (exact) mass is 365 g/mol. The second-order valence-corrected chi connectivity index (χ2v) is 7.44. The van der Waals surface area contributed by atoms with Gasteiger partial charge >= 0.3 is 0 Å². The van der Waals surface area contributed by atoms with E-state index in [-0.39, 0.29) is 24.4 Å². The first-order chi connectivity index (χ1) is 12.9. The number of hydrogen-bond acceptors (Lipinski definition) is 3. The van der Waals surface area contributed by atoms with E-state index in [1.54, 1.807) is 4.90 Å². The first kappa shape index (κ1) is 19.1. The number of benzene rings is 2. The van der Waals surface area contributed by atoms with Crippen LogP contribution in [0.2, 0.25) is 0 Å². The molecule has 0 bridgehead atoms. The van der Waals surface area contributed by atoms with Gasteiger partial charge in [0, 0.05) is 12.2 Å². The molecule has 0 unspecified atom stereocenters. The Labute approximate surface area is 161 Å². The predicted molar refractivity (Wildman–Crippen MR) is 108 cm³/mol. The van der Waals surface area contributed by atoms with Gasteiger partial charge in [0.2, 0.25) is 11.8 Å². The predicted octanol–water partition coefficient (Wildman–Crippen LogP) is 2.34. The van der Waals surface area contributed by atoms with E-state index in [1.165, 1.54) is 5.56 Å². The van der Waals surface area contributed by atoms with Crippen molar-refractivity contribution in [3.63, 3.8) is 0 Å². The van der Waals surface area contributed by atoms with E-state index in [0.717, 1.165) is 17.7 Å². The number of amides is 2. The van der Waals surface area contributed by atoms with Crippen LogP contribution in [-0.2, 0) is 16.0 Å². The highest BCUT2D eigenvalue weighted by atomic mass is 16.2. The Bertz CT molecular complexity index is 787. The molecule has 1 aliphatic rings. The van der Waals surface area contributed by atoms with Crippen LogP contribution in [0.5, 0.6) is 0 Å². The molecule has 1 heterocycles. The van der Waals surface area contributed by atoms with Gasteiger partial charge in [-0.3, -0.25) is 9.59 Å². The zero-order chi connectivity index (χ0) is 19.4. The fourth-order valence-corrected chi connectivity index (χ4v) is 3.46. The summed E-state index contributed by atoms with van der Waals surface area (Å²) in [5.74, 6) is -0.0342. The number of carbonyl (C=O) groups is 2. The fourth-order valence-electron chi connectivity index (χ4n) is 3.46. The lowest BCUT2D eigenvalue weighted by molar-refractivity contribution is -0.140. The standard InChI is InChI=1S/C22H27N3O2/c1-17-9-11-19(12-10-17)24-14-20(13-18-7-5-4-6-8-18)25(16-22(24)27)21(26)15-23(2)3/h4-12,20H,13-16H2,1-3H3/t20-/m1/s1. The van der Waals surface area contributed by atoms with E-state index in [1.807, 2.05) is 73.3 Å². The molecule has 0 radical (unpaired) electrons. The number of piperazine rings is 1. The van der Waals surface area contributed by atoms with Crippen molar-refractivity contribution in [2.45, 2.75) is 19.4 Å². The molecule has 0 aromatic heterocycles. The lowest BCUT2D eigenvalue weighted by atomic mass is 10.0. The lowest BCUT2D eigenvalue weighted by Crippen LogP contribution is -2.60. The zero-order valence-corrected chi connectivity index (χ0v) is 16.3. The van der Waals surface area contributed by atoms with Gasteiger partial charge in [0.15, 0.2) is 0 Å². The summed E-state index contributed by atoms with van der Waals surface area (Å²) in [6.45, 7) is 2.97. The quantitative estimate of drug-likeness (QED) is 0.817. The number of nitrogens with zero attached hydrogens (tertiary/aromatic N) is 3. The second-order valence-electron chi connectivity index (χ2n) is 7.44. The van der Waals surface area contributed by atoms with E-state index < -0.39 is 0 Å². The molecule has 5 nitrogen and oxygen atoms in total. The number of rotatable bonds is 5. The van der Waals surface area contributed by atoms with Crippen molar-refractivity contribution in [1.82, 2.24) is 9.80 Å². The van der Waals surface area contributed by atoms with Crippen molar-refractivity contribution in [2.24, 2.45) is 0 Å². The summed E-state index contributed by atoms with van der Waals surface area (Å²) in [6, 6.07) is 18.1. The molecular weight excluding hydrogens is 338 g/mol. The lowest BCUT2D eigenvalue weighted by Gasteiger charge is -2.41. The smallest absolute Gasteiger partial charge is 0.246 e. The molecule has 142 valence electrons. The van der Waals surface area contributed by atoms with Crippen LogP contribution in [-0.4, -0.2) is 61.4 Å². The Morgan fingerprint density at radius 2 is 1.74 bits per heavy atom. The molecule has 0 N–H and O–H groups in total. The van der Waals surface area contributed by atoms with Crippen molar-refractivity contribution in [2.75, 3.05) is 38.6 Å². The second kappa shape index (κ2) is 8.35. The van der Waals surface area contributed by atoms with Gasteiger partial charge in [-0.1, -0.05) is 48.0 Å². The summed E-state index contributed by atoms with van der Waals surface area (Å²) in [7, 11) is 3.74. The zero-order valence-electron chi connectivity index (χ0n) is 16.3. The minimum atomic E-state index is -0.0427. The summed E-state index contributed by atoms with van der Waals surface area (Å²) >= 11 is 0. The normalized spacial score (nSPS) is 17.5. The summed E-state index contributed by atoms with van der Waals surface area (Å²) in [6.07, 6.45) is 0.732. The Morgan fingerprint density at radius 3 is 2.37 bits per heavy atom. The highest BCUT2D eigenvalue weighted by Gasteiger charge is 2.35. The van der Waals surface area contributed by atoms with Crippen LogP contribution in [0.15, 0.2) is 54.6 Å². The van der Waals surface area contributed by atoms with Crippen LogP contribution in [0.3, 0.4) is 0 Å². The largest absolute Gasteiger partial charge is 0.327 e. The van der Waals surface area contributed by atoms with E-state index in [4.69, 9.17) is 0 Å². The average Bonchev–Trinajstić information content (AvgIpc) is 2.64. The van der Waals surface area contributed by atoms with Crippen LogP contribution in [0.25, 0.3) is 0 Å². The van der Waals surface area contributed by atoms with E-state index >= 15 is 0 Å². The van der Waals surface area contributed by atoms with Crippen LogP contribution < -0.4 is 4.90 Å². The summed E-state index contributed by atoms with van der Waals surface area (Å²) in [5.41, 5.74) is 3.22. The molecular formula is C22H27N3O2. The molecule has 27 heavy (non-hydrogen) atoms. The Balaban J connectivity index is 1.85. The maximum atomic E-state index is 12.8. The van der Waals surface area contributed by atoms with Crippen LogP contribution in [0.4, 0.5) is 5.69 Å². The first-order valence-corrected chi connectivity index (χ1v) is 9.29. The van der Waals surface area contributed by atoms with E-state index in [0.29, 0.717) is 13.1 Å². The summed E-state index contributed by atoms with van der Waals surface area (Å²) in [4.78, 5) is 31.0. The van der Waals surface area contributed by atoms with E-state index in [2.05, 4.69) is 12.1 Å². The first-order valence-electron chi connectivity index (χ1n) is 9.29. The Kier molecular flexibility index (Phi) is 5.91. The van der Waals surface area contributed by atoms with Crippen molar-refractivity contribution < 1.29 is 9.59 Å². The Morgan fingerprint density at radius 1 is 1.07 bits per heavy atom. The summed E-state index contributed by atoms with van der Waals surface area (Å²) < 4.78 is 0. The Hall–Kier alpha value is -2.66. The highest BCUT2D eigenvalue weighted by Crippen LogP contribution is 2.23. The number of likely N-dealkylation sites (N-methyl/N-ethyl adjacent to an activating group) is 1. The van der Waals surface area contributed by atoms with Gasteiger partial charge in [-0.2, -0.15) is 0 Å². The van der Waals surface area contributed by atoms with Gasteiger partial charge in [-0.05, 0) is 45.1 Å². The molecule has 2 aromatic carbocycles. The molecule has 5 heteroatoms. The number of carbonyl (C=O) groups excluding carboxylic acids is 2. The third-order valence-electron chi connectivity index (χ3n) is 4.87. The molecule has 0 spiro atoms. The molecule has 1 atom stereocenters. The molecule has 0 saturated carbocycles. The third kappa shape index (κ3) is 4.74. The maximum Gasteiger partial charge on any atom is 0.246 e. The molecule has 1 fully saturated rings. The van der Waals surface area contributed by atoms with Gasteiger partial charge < -0.3 is 14.7 Å². The molecule has 1 aliphatic heterocycles. The van der Waals surface area contributed by atoms with E-state index in [9.17, 15) is 9.59 Å². The van der Waals surface area contributed by atoms with Crippen molar-refractivity contribution in [3.05, 3.63) is 65.7 Å². The molecule has 1 saturated heterocycles. The van der Waals surface area contributed by atoms with Gasteiger partial charge in [0.25, 0.3) is 0 Å². The van der Waals surface area contributed by atoms with Crippen LogP contribution >= 0.6 is 0 Å². The fraction of sp³-hybridized carbons (Fsp3) is 0.364. The van der Waals surface area contributed by atoms with Crippen molar-refractivity contribution in [1.29, 1.82) is 0 Å². The van der Waals surface area contributed by atoms with Gasteiger partial charge in [0.05, 0.1) is 12.6 Å². The van der Waals surface area contributed by atoms with Crippen molar-refractivity contribution in [3.8, 4) is 0 Å². The molecule has 2 amide bonds. The highest BCUT2D eigenvalue weighted by molar-refractivity contribution is 5.98. The number of anilines is 1. The number of hydrogen-bond donors (Lipinski definition) is 0. The number of aryl methyl sites for hydroxylation is 1. The maximum absolute atomic E-state index is 12.8. The third-order valence-corrected chi connectivity index (χ3v) is 4.87. The van der Waals surface area contributed by atoms with Gasteiger partial charge in [-0.15, -0.1) is 0 Å². The van der Waals surface area contributed by atoms with Gasteiger partial charge in [0.1, 0.15) is 6.54 Å². The molecule has 2 aromatic rings. The van der Waals surface area contributed by atoms with Crippen LogP contribution in [0.1, 0.15) is 11.1 Å². The van der Waals surface area contributed by atoms with Crippen LogP contribution in [0, 0.1) is 6.92 Å². The minimum absolute atomic E-state index is 0.00200. The molecule has 0 aliphatic carbocycles. The summed E-state index contributed by atoms with van der Waals surface area (Å²) in [5, 5.41) is 0. The average molecular weight is 365 g/mol. The molecule has 3 rings (SSSR count). The van der Waals surface area contributed by atoms with Gasteiger partial charge in [-0.25, -0.2) is 0 Å². The SMILES string of the molecule is Cc1ccc(N2C[C@@H](Cc3ccccc3)N(C(=O)CN(C)C)CC2=O)cc1. The topological polar surface area (TPSA) is 43.9 Å². The minimum Gasteiger partial charge on any atom is -0.327 e.